The predicted octanol–water partition coefficient (Wildman–Crippen LogP) is 3.13. The lowest BCUT2D eigenvalue weighted by molar-refractivity contribution is -0.137. The van der Waals surface area contributed by atoms with Gasteiger partial charge in [-0.05, 0) is 34.3 Å². The van der Waals surface area contributed by atoms with Crippen LogP contribution in [0.5, 0.6) is 0 Å². The molecular weight excluding hydrogens is 334 g/mol. The molecule has 1 heterocycles. The summed E-state index contributed by atoms with van der Waals surface area (Å²) < 4.78 is 0.762. The summed E-state index contributed by atoms with van der Waals surface area (Å²) in [5, 5.41) is 12.2. The van der Waals surface area contributed by atoms with Gasteiger partial charge in [0.25, 0.3) is 0 Å². The molecule has 0 saturated carbocycles. The first-order valence-electron chi connectivity index (χ1n) is 6.63. The number of rotatable bonds is 7. The quantitative estimate of drug-likeness (QED) is 0.803. The van der Waals surface area contributed by atoms with Gasteiger partial charge in [0.05, 0.1) is 4.47 Å². The lowest BCUT2D eigenvalue weighted by atomic mass is 10.0. The van der Waals surface area contributed by atoms with E-state index in [2.05, 4.69) is 31.2 Å². The average molecular weight is 350 g/mol. The highest BCUT2D eigenvalue weighted by Crippen LogP contribution is 2.20. The SMILES string of the molecule is O=C(O)CCC(Cc1ccccc1)Nc1ncncc1Br. The van der Waals surface area contributed by atoms with E-state index in [0.29, 0.717) is 12.2 Å². The normalized spacial score (nSPS) is 11.9. The number of halogens is 1. The van der Waals surface area contributed by atoms with Gasteiger partial charge in [-0.1, -0.05) is 30.3 Å². The van der Waals surface area contributed by atoms with Gasteiger partial charge in [-0.15, -0.1) is 0 Å². The van der Waals surface area contributed by atoms with Gasteiger partial charge in [-0.25, -0.2) is 9.97 Å². The number of nitrogens with one attached hydrogen (secondary N) is 1. The molecule has 21 heavy (non-hydrogen) atoms. The van der Waals surface area contributed by atoms with Crippen molar-refractivity contribution in [2.75, 3.05) is 5.32 Å². The van der Waals surface area contributed by atoms with E-state index in [1.807, 2.05) is 30.3 Å². The highest BCUT2D eigenvalue weighted by Gasteiger charge is 2.14. The summed E-state index contributed by atoms with van der Waals surface area (Å²) in [7, 11) is 0. The molecule has 0 saturated heterocycles. The Morgan fingerprint density at radius 3 is 2.76 bits per heavy atom. The largest absolute Gasteiger partial charge is 0.481 e. The lowest BCUT2D eigenvalue weighted by Crippen LogP contribution is -2.24. The van der Waals surface area contributed by atoms with Gasteiger partial charge in [0, 0.05) is 18.7 Å². The number of carboxylic acid groups (broad SMARTS) is 1. The molecule has 0 fully saturated rings. The summed E-state index contributed by atoms with van der Waals surface area (Å²) >= 11 is 3.39. The fourth-order valence-electron chi connectivity index (χ4n) is 2.03. The van der Waals surface area contributed by atoms with Crippen LogP contribution in [0, 0.1) is 0 Å². The molecule has 0 aliphatic heterocycles. The zero-order valence-corrected chi connectivity index (χ0v) is 13.0. The Labute approximate surface area is 131 Å². The zero-order chi connectivity index (χ0) is 15.1. The molecule has 1 aromatic heterocycles. The van der Waals surface area contributed by atoms with Crippen molar-refractivity contribution < 1.29 is 9.90 Å². The first-order chi connectivity index (χ1) is 10.1. The molecule has 1 atom stereocenters. The van der Waals surface area contributed by atoms with E-state index in [1.54, 1.807) is 6.20 Å². The van der Waals surface area contributed by atoms with Crippen LogP contribution in [0.3, 0.4) is 0 Å². The number of carbonyl (C=O) groups is 1. The van der Waals surface area contributed by atoms with Gasteiger partial charge in [0.15, 0.2) is 0 Å². The Hall–Kier alpha value is -1.95. The van der Waals surface area contributed by atoms with E-state index in [1.165, 1.54) is 6.33 Å². The third-order valence-electron chi connectivity index (χ3n) is 3.04. The maximum atomic E-state index is 10.8. The van der Waals surface area contributed by atoms with Crippen LogP contribution in [-0.4, -0.2) is 27.1 Å². The smallest absolute Gasteiger partial charge is 0.303 e. The maximum Gasteiger partial charge on any atom is 0.303 e. The van der Waals surface area contributed by atoms with Crippen molar-refractivity contribution in [1.82, 2.24) is 9.97 Å². The summed E-state index contributed by atoms with van der Waals surface area (Å²) in [5.41, 5.74) is 1.16. The van der Waals surface area contributed by atoms with Crippen molar-refractivity contribution in [3.05, 3.63) is 52.9 Å². The number of nitrogens with zero attached hydrogens (tertiary/aromatic N) is 2. The van der Waals surface area contributed by atoms with Crippen LogP contribution in [0.4, 0.5) is 5.82 Å². The van der Waals surface area contributed by atoms with Crippen LogP contribution in [0.25, 0.3) is 0 Å². The van der Waals surface area contributed by atoms with Crippen LogP contribution in [0.1, 0.15) is 18.4 Å². The van der Waals surface area contributed by atoms with Gasteiger partial charge < -0.3 is 10.4 Å². The van der Waals surface area contributed by atoms with Gasteiger partial charge in [-0.3, -0.25) is 4.79 Å². The minimum absolute atomic E-state index is 0.00491. The fourth-order valence-corrected chi connectivity index (χ4v) is 2.37. The topological polar surface area (TPSA) is 75.1 Å². The summed E-state index contributed by atoms with van der Waals surface area (Å²) in [6, 6.07) is 9.97. The van der Waals surface area contributed by atoms with E-state index < -0.39 is 5.97 Å². The van der Waals surface area contributed by atoms with Crippen molar-refractivity contribution >= 4 is 27.7 Å². The molecule has 2 aromatic rings. The highest BCUT2D eigenvalue weighted by molar-refractivity contribution is 9.10. The van der Waals surface area contributed by atoms with Gasteiger partial charge in [0.2, 0.25) is 0 Å². The van der Waals surface area contributed by atoms with Crippen molar-refractivity contribution in [2.24, 2.45) is 0 Å². The van der Waals surface area contributed by atoms with Crippen LogP contribution < -0.4 is 5.32 Å². The van der Waals surface area contributed by atoms with Crippen LogP contribution in [0.2, 0.25) is 0 Å². The summed E-state index contributed by atoms with van der Waals surface area (Å²) in [5.74, 6) is -0.118. The minimum atomic E-state index is -0.795. The first kappa shape index (κ1) is 15.4. The molecule has 110 valence electrons. The van der Waals surface area contributed by atoms with Gasteiger partial charge in [-0.2, -0.15) is 0 Å². The van der Waals surface area contributed by atoms with Gasteiger partial charge >= 0.3 is 5.97 Å². The Bertz CT molecular complexity index is 592. The van der Waals surface area contributed by atoms with Crippen LogP contribution in [0.15, 0.2) is 47.3 Å². The third-order valence-corrected chi connectivity index (χ3v) is 3.62. The molecule has 0 spiro atoms. The number of hydrogen-bond acceptors (Lipinski definition) is 4. The van der Waals surface area contributed by atoms with Crippen molar-refractivity contribution in [3.8, 4) is 0 Å². The molecule has 0 bridgehead atoms. The van der Waals surface area contributed by atoms with E-state index in [0.717, 1.165) is 16.5 Å². The standard InChI is InChI=1S/C15H16BrN3O2/c16-13-9-17-10-18-15(13)19-12(6-7-14(20)21)8-11-4-2-1-3-5-11/h1-5,9-10,12H,6-8H2,(H,20,21)(H,17,18,19). The Balaban J connectivity index is 2.08. The van der Waals surface area contributed by atoms with E-state index in [9.17, 15) is 4.79 Å². The lowest BCUT2D eigenvalue weighted by Gasteiger charge is -2.19. The molecule has 0 aliphatic carbocycles. The Morgan fingerprint density at radius 2 is 2.10 bits per heavy atom. The number of aliphatic carboxylic acids is 1. The summed E-state index contributed by atoms with van der Waals surface area (Å²) in [6.07, 6.45) is 4.51. The minimum Gasteiger partial charge on any atom is -0.481 e. The van der Waals surface area contributed by atoms with Crippen molar-refractivity contribution in [1.29, 1.82) is 0 Å². The van der Waals surface area contributed by atoms with E-state index >= 15 is 0 Å². The second-order valence-electron chi connectivity index (χ2n) is 4.68. The molecule has 2 rings (SSSR count). The number of benzene rings is 1. The molecular formula is C15H16BrN3O2. The second kappa shape index (κ2) is 7.73. The van der Waals surface area contributed by atoms with Crippen LogP contribution >= 0.6 is 15.9 Å². The number of hydrogen-bond donors (Lipinski definition) is 2. The number of carboxylic acids is 1. The number of anilines is 1. The molecule has 0 amide bonds. The average Bonchev–Trinajstić information content (AvgIpc) is 2.48. The van der Waals surface area contributed by atoms with E-state index in [-0.39, 0.29) is 12.5 Å². The fraction of sp³-hybridized carbons (Fsp3) is 0.267. The Kier molecular flexibility index (Phi) is 5.68. The molecule has 1 unspecified atom stereocenters. The monoisotopic (exact) mass is 349 g/mol. The summed E-state index contributed by atoms with van der Waals surface area (Å²) in [4.78, 5) is 18.9. The maximum absolute atomic E-state index is 10.8. The third kappa shape index (κ3) is 5.15. The van der Waals surface area contributed by atoms with Crippen LogP contribution in [-0.2, 0) is 11.2 Å². The molecule has 6 heteroatoms. The summed E-state index contributed by atoms with van der Waals surface area (Å²) in [6.45, 7) is 0. The molecule has 2 N–H and O–H groups in total. The van der Waals surface area contributed by atoms with Gasteiger partial charge in [0.1, 0.15) is 12.1 Å². The molecule has 0 aliphatic rings. The Morgan fingerprint density at radius 1 is 1.33 bits per heavy atom. The van der Waals surface area contributed by atoms with Crippen molar-refractivity contribution in [3.63, 3.8) is 0 Å². The molecule has 0 radical (unpaired) electrons. The van der Waals surface area contributed by atoms with E-state index in [4.69, 9.17) is 5.11 Å². The number of aromatic nitrogens is 2. The van der Waals surface area contributed by atoms with Crippen molar-refractivity contribution in [2.45, 2.75) is 25.3 Å². The predicted molar refractivity (Wildman–Crippen MR) is 84.2 cm³/mol. The second-order valence-corrected chi connectivity index (χ2v) is 5.54. The highest BCUT2D eigenvalue weighted by atomic mass is 79.9. The molecule has 1 aromatic carbocycles. The zero-order valence-electron chi connectivity index (χ0n) is 11.4. The molecule has 5 nitrogen and oxygen atoms in total. The first-order valence-corrected chi connectivity index (χ1v) is 7.42.